The van der Waals surface area contributed by atoms with Gasteiger partial charge >= 0.3 is 6.03 Å². The number of carbonyl (C=O) groups excluding carboxylic acids is 2. The quantitative estimate of drug-likeness (QED) is 0.616. The minimum Gasteiger partial charge on any atom is -0.325 e. The van der Waals surface area contributed by atoms with Crippen LogP contribution in [0.3, 0.4) is 0 Å². The van der Waals surface area contributed by atoms with Crippen LogP contribution in [0.1, 0.15) is 58.3 Å². The van der Waals surface area contributed by atoms with Gasteiger partial charge in [-0.1, -0.05) is 19.8 Å². The van der Waals surface area contributed by atoms with Crippen molar-refractivity contribution in [1.29, 1.82) is 0 Å². The van der Waals surface area contributed by atoms with E-state index in [4.69, 9.17) is 0 Å². The van der Waals surface area contributed by atoms with Gasteiger partial charge in [0.15, 0.2) is 0 Å². The first-order valence-electron chi connectivity index (χ1n) is 11.3. The number of benzene rings is 1. The summed E-state index contributed by atoms with van der Waals surface area (Å²) in [6.45, 7) is 3.70. The summed E-state index contributed by atoms with van der Waals surface area (Å²) in [5.41, 5.74) is 1.12. The highest BCUT2D eigenvalue weighted by Crippen LogP contribution is 2.24. The fourth-order valence-electron chi connectivity index (χ4n) is 4.16. The van der Waals surface area contributed by atoms with Gasteiger partial charge < -0.3 is 15.5 Å². The fraction of sp³-hybridized carbons (Fsp3) is 0.636. The fourth-order valence-corrected chi connectivity index (χ4v) is 5.40. The molecule has 1 aromatic carbocycles. The van der Waals surface area contributed by atoms with Crippen molar-refractivity contribution in [3.05, 3.63) is 24.3 Å². The number of likely N-dealkylation sites (tertiary alicyclic amines) is 1. The molecule has 3 amide bonds. The zero-order valence-electron chi connectivity index (χ0n) is 18.2. The molecule has 172 valence electrons. The van der Waals surface area contributed by atoms with Gasteiger partial charge in [0.25, 0.3) is 0 Å². The van der Waals surface area contributed by atoms with E-state index < -0.39 is 21.7 Å². The van der Waals surface area contributed by atoms with Crippen LogP contribution in [0.4, 0.5) is 16.2 Å². The van der Waals surface area contributed by atoms with E-state index in [1.54, 1.807) is 24.3 Å². The van der Waals surface area contributed by atoms with E-state index in [0.717, 1.165) is 64.5 Å². The molecule has 0 aromatic heterocycles. The third-order valence-corrected chi connectivity index (χ3v) is 7.33. The third kappa shape index (κ3) is 7.81. The number of hydrogen-bond acceptors (Lipinski definition) is 4. The Balaban J connectivity index is 1.46. The molecule has 0 unspecified atom stereocenters. The lowest BCUT2D eigenvalue weighted by molar-refractivity contribution is -0.113. The number of urea groups is 1. The Kier molecular flexibility index (Phi) is 8.31. The maximum atomic E-state index is 12.4. The predicted octanol–water partition coefficient (Wildman–Crippen LogP) is 3.53. The summed E-state index contributed by atoms with van der Waals surface area (Å²) in [6.07, 6.45) is 7.98. The van der Waals surface area contributed by atoms with Gasteiger partial charge in [0.2, 0.25) is 15.9 Å². The van der Waals surface area contributed by atoms with Crippen molar-refractivity contribution in [3.63, 3.8) is 0 Å². The molecule has 2 fully saturated rings. The SMILES string of the molecule is CC1CCC(NS(=O)(=O)CC(=O)Nc2ccc(NC(=O)N3CCCCCC3)cc2)CC1. The summed E-state index contributed by atoms with van der Waals surface area (Å²) in [6, 6.07) is 6.49. The van der Waals surface area contributed by atoms with E-state index in [2.05, 4.69) is 22.3 Å². The Bertz CT molecular complexity index is 841. The first-order valence-corrected chi connectivity index (χ1v) is 12.9. The maximum Gasteiger partial charge on any atom is 0.321 e. The van der Waals surface area contributed by atoms with Crippen molar-refractivity contribution in [1.82, 2.24) is 9.62 Å². The Morgan fingerprint density at radius 2 is 1.45 bits per heavy atom. The van der Waals surface area contributed by atoms with Gasteiger partial charge in [0.05, 0.1) is 0 Å². The summed E-state index contributed by atoms with van der Waals surface area (Å²) >= 11 is 0. The standard InChI is InChI=1S/C22H34N4O4S/c1-17-6-8-20(9-7-17)25-31(29,30)16-21(27)23-18-10-12-19(13-11-18)24-22(28)26-14-4-2-3-5-15-26/h10-13,17,20,25H,2-9,14-16H2,1H3,(H,23,27)(H,24,28). The molecule has 9 heteroatoms. The molecule has 0 spiro atoms. The lowest BCUT2D eigenvalue weighted by Crippen LogP contribution is -2.41. The molecule has 1 aromatic rings. The number of hydrogen-bond donors (Lipinski definition) is 3. The predicted molar refractivity (Wildman–Crippen MR) is 122 cm³/mol. The Hall–Kier alpha value is -2.13. The highest BCUT2D eigenvalue weighted by Gasteiger charge is 2.24. The zero-order valence-corrected chi connectivity index (χ0v) is 19.0. The summed E-state index contributed by atoms with van der Waals surface area (Å²) in [5.74, 6) is -0.564. The first kappa shape index (κ1) is 23.5. The van der Waals surface area contributed by atoms with Crippen LogP contribution in [-0.2, 0) is 14.8 Å². The molecule has 31 heavy (non-hydrogen) atoms. The minimum absolute atomic E-state index is 0.0823. The first-order chi connectivity index (χ1) is 14.8. The Labute approximate surface area is 185 Å². The van der Waals surface area contributed by atoms with Crippen LogP contribution in [0, 0.1) is 5.92 Å². The zero-order chi connectivity index (χ0) is 22.3. The van der Waals surface area contributed by atoms with E-state index in [1.165, 1.54) is 0 Å². The van der Waals surface area contributed by atoms with E-state index >= 15 is 0 Å². The number of carbonyl (C=O) groups is 2. The number of sulfonamides is 1. The Morgan fingerprint density at radius 1 is 0.903 bits per heavy atom. The van der Waals surface area contributed by atoms with Crippen LogP contribution in [0.25, 0.3) is 0 Å². The average molecular weight is 451 g/mol. The van der Waals surface area contributed by atoms with Crippen LogP contribution in [-0.4, -0.2) is 50.1 Å². The van der Waals surface area contributed by atoms with Crippen molar-refractivity contribution >= 4 is 33.3 Å². The van der Waals surface area contributed by atoms with E-state index in [0.29, 0.717) is 17.3 Å². The number of amides is 3. The highest BCUT2D eigenvalue weighted by molar-refractivity contribution is 7.90. The molecule has 1 heterocycles. The molecule has 0 bridgehead atoms. The molecule has 1 aliphatic carbocycles. The summed E-state index contributed by atoms with van der Waals surface area (Å²) in [4.78, 5) is 26.4. The van der Waals surface area contributed by atoms with Gasteiger partial charge in [-0.15, -0.1) is 0 Å². The summed E-state index contributed by atoms with van der Waals surface area (Å²) in [7, 11) is -3.68. The molecule has 3 N–H and O–H groups in total. The molecule has 1 saturated carbocycles. The van der Waals surface area contributed by atoms with E-state index in [9.17, 15) is 18.0 Å². The summed E-state index contributed by atoms with van der Waals surface area (Å²) < 4.78 is 27.3. The second-order valence-electron chi connectivity index (χ2n) is 8.79. The van der Waals surface area contributed by atoms with E-state index in [-0.39, 0.29) is 12.1 Å². The highest BCUT2D eigenvalue weighted by atomic mass is 32.2. The lowest BCUT2D eigenvalue weighted by atomic mass is 9.88. The second-order valence-corrected chi connectivity index (χ2v) is 10.5. The summed E-state index contributed by atoms with van der Waals surface area (Å²) in [5, 5.41) is 5.49. The monoisotopic (exact) mass is 450 g/mol. The molecule has 3 rings (SSSR count). The van der Waals surface area contributed by atoms with Crippen LogP contribution < -0.4 is 15.4 Å². The normalized spacial score (nSPS) is 22.4. The third-order valence-electron chi connectivity index (χ3n) is 6.00. The number of rotatable bonds is 6. The molecular formula is C22H34N4O4S. The van der Waals surface area contributed by atoms with E-state index in [1.807, 2.05) is 4.90 Å². The largest absolute Gasteiger partial charge is 0.325 e. The number of nitrogens with zero attached hydrogens (tertiary/aromatic N) is 1. The smallest absolute Gasteiger partial charge is 0.321 e. The van der Waals surface area contributed by atoms with Crippen LogP contribution in [0.2, 0.25) is 0 Å². The van der Waals surface area contributed by atoms with Crippen molar-refractivity contribution in [2.24, 2.45) is 5.92 Å². The van der Waals surface area contributed by atoms with Gasteiger partial charge in [-0.25, -0.2) is 17.9 Å². The van der Waals surface area contributed by atoms with Gasteiger partial charge in [-0.2, -0.15) is 0 Å². The van der Waals surface area contributed by atoms with Crippen molar-refractivity contribution in [3.8, 4) is 0 Å². The van der Waals surface area contributed by atoms with Gasteiger partial charge in [0, 0.05) is 30.5 Å². The van der Waals surface area contributed by atoms with Crippen LogP contribution in [0.15, 0.2) is 24.3 Å². The Morgan fingerprint density at radius 3 is 2.03 bits per heavy atom. The van der Waals surface area contributed by atoms with Gasteiger partial charge in [-0.3, -0.25) is 4.79 Å². The molecule has 0 radical (unpaired) electrons. The molecule has 2 aliphatic rings. The minimum atomic E-state index is -3.68. The van der Waals surface area contributed by atoms with Gasteiger partial charge in [0.1, 0.15) is 5.75 Å². The molecule has 8 nitrogen and oxygen atoms in total. The second kappa shape index (κ2) is 10.9. The van der Waals surface area contributed by atoms with Crippen LogP contribution in [0.5, 0.6) is 0 Å². The van der Waals surface area contributed by atoms with Gasteiger partial charge in [-0.05, 0) is 68.7 Å². The topological polar surface area (TPSA) is 108 Å². The van der Waals surface area contributed by atoms with Crippen molar-refractivity contribution < 1.29 is 18.0 Å². The molecular weight excluding hydrogens is 416 g/mol. The lowest BCUT2D eigenvalue weighted by Gasteiger charge is -2.26. The molecule has 0 atom stereocenters. The average Bonchev–Trinajstić information content (AvgIpc) is 3.00. The van der Waals surface area contributed by atoms with Crippen molar-refractivity contribution in [2.45, 2.75) is 64.3 Å². The number of anilines is 2. The maximum absolute atomic E-state index is 12.4. The van der Waals surface area contributed by atoms with Crippen LogP contribution >= 0.6 is 0 Å². The number of nitrogens with one attached hydrogen (secondary N) is 3. The van der Waals surface area contributed by atoms with Crippen molar-refractivity contribution in [2.75, 3.05) is 29.5 Å². The molecule has 1 aliphatic heterocycles. The molecule has 1 saturated heterocycles.